The first-order valence-corrected chi connectivity index (χ1v) is 7.24. The van der Waals surface area contributed by atoms with Gasteiger partial charge in [0.15, 0.2) is 0 Å². The summed E-state index contributed by atoms with van der Waals surface area (Å²) in [6, 6.07) is 3.93. The Morgan fingerprint density at radius 1 is 1.35 bits per heavy atom. The van der Waals surface area contributed by atoms with Crippen molar-refractivity contribution < 1.29 is 0 Å². The molecular weight excluding hydrogens is 296 g/mol. The maximum atomic E-state index is 5.93. The smallest absolute Gasteiger partial charge is 0.256 e. The summed E-state index contributed by atoms with van der Waals surface area (Å²) in [5.41, 5.74) is 1.17. The molecule has 3 rings (SSSR count). The van der Waals surface area contributed by atoms with Crippen LogP contribution >= 0.6 is 22.9 Å². The molecule has 1 atom stereocenters. The van der Waals surface area contributed by atoms with Crippen molar-refractivity contribution in [1.82, 2.24) is 24.7 Å². The summed E-state index contributed by atoms with van der Waals surface area (Å²) in [6.45, 7) is 2.04. The van der Waals surface area contributed by atoms with Crippen LogP contribution in [-0.4, -0.2) is 24.7 Å². The van der Waals surface area contributed by atoms with Crippen molar-refractivity contribution in [3.05, 3.63) is 46.1 Å². The molecule has 0 aliphatic carbocycles. The molecule has 0 aliphatic rings. The Hall–Kier alpha value is -1.99. The van der Waals surface area contributed by atoms with Crippen molar-refractivity contribution >= 4 is 28.9 Å². The van der Waals surface area contributed by atoms with Gasteiger partial charge in [0.1, 0.15) is 0 Å². The maximum absolute atomic E-state index is 5.93. The first-order chi connectivity index (χ1) is 9.72. The van der Waals surface area contributed by atoms with Crippen LogP contribution < -0.4 is 5.32 Å². The topological polar surface area (TPSA) is 68.5 Å². The van der Waals surface area contributed by atoms with E-state index in [1.807, 2.05) is 12.3 Å². The lowest BCUT2D eigenvalue weighted by atomic mass is 10.2. The standard InChI is InChI=1S/C12H11ClN6S/c1-8(9-3-6-20-7-9)15-11-16-10(13)17-12(18-11)19-5-2-4-14-19/h2-8H,1H3,(H,15,16,17,18). The minimum absolute atomic E-state index is 0.0881. The molecule has 0 bridgehead atoms. The fourth-order valence-electron chi connectivity index (χ4n) is 1.69. The van der Waals surface area contributed by atoms with Gasteiger partial charge in [-0.1, -0.05) is 0 Å². The van der Waals surface area contributed by atoms with Crippen molar-refractivity contribution in [2.45, 2.75) is 13.0 Å². The van der Waals surface area contributed by atoms with E-state index < -0.39 is 0 Å². The van der Waals surface area contributed by atoms with E-state index in [0.717, 1.165) is 0 Å². The van der Waals surface area contributed by atoms with Gasteiger partial charge < -0.3 is 5.32 Å². The second-order valence-corrected chi connectivity index (χ2v) is 5.22. The van der Waals surface area contributed by atoms with Crippen LogP contribution in [0.25, 0.3) is 5.95 Å². The number of rotatable bonds is 4. The normalized spacial score (nSPS) is 12.3. The Morgan fingerprint density at radius 2 is 2.25 bits per heavy atom. The molecule has 3 aromatic heterocycles. The maximum Gasteiger partial charge on any atom is 0.256 e. The summed E-state index contributed by atoms with van der Waals surface area (Å²) in [5.74, 6) is 0.809. The van der Waals surface area contributed by atoms with Crippen LogP contribution in [0, 0.1) is 0 Å². The second-order valence-electron chi connectivity index (χ2n) is 4.10. The third-order valence-electron chi connectivity index (χ3n) is 2.69. The van der Waals surface area contributed by atoms with Crippen LogP contribution in [0.2, 0.25) is 5.28 Å². The number of anilines is 1. The molecule has 3 heterocycles. The molecule has 0 amide bonds. The van der Waals surface area contributed by atoms with Crippen LogP contribution in [-0.2, 0) is 0 Å². The molecule has 3 aromatic rings. The molecule has 0 radical (unpaired) electrons. The second kappa shape index (κ2) is 5.56. The molecule has 8 heteroatoms. The van der Waals surface area contributed by atoms with Gasteiger partial charge in [-0.3, -0.25) is 0 Å². The SMILES string of the molecule is CC(Nc1nc(Cl)nc(-n2cccn2)n1)c1ccsc1. The van der Waals surface area contributed by atoms with Crippen molar-refractivity contribution in [3.8, 4) is 5.95 Å². The van der Waals surface area contributed by atoms with E-state index in [-0.39, 0.29) is 11.3 Å². The number of halogens is 1. The van der Waals surface area contributed by atoms with Crippen molar-refractivity contribution in [2.24, 2.45) is 0 Å². The number of aromatic nitrogens is 5. The lowest BCUT2D eigenvalue weighted by Crippen LogP contribution is -2.12. The zero-order valence-electron chi connectivity index (χ0n) is 10.6. The zero-order chi connectivity index (χ0) is 13.9. The minimum Gasteiger partial charge on any atom is -0.347 e. The summed E-state index contributed by atoms with van der Waals surface area (Å²) in [6.07, 6.45) is 3.40. The highest BCUT2D eigenvalue weighted by molar-refractivity contribution is 7.07. The van der Waals surface area contributed by atoms with Gasteiger partial charge in [0.2, 0.25) is 11.2 Å². The van der Waals surface area contributed by atoms with Gasteiger partial charge in [0.25, 0.3) is 5.95 Å². The van der Waals surface area contributed by atoms with Crippen LogP contribution in [0.4, 0.5) is 5.95 Å². The number of nitrogens with one attached hydrogen (secondary N) is 1. The summed E-state index contributed by atoms with van der Waals surface area (Å²) in [5, 5.41) is 11.5. The van der Waals surface area contributed by atoms with E-state index in [0.29, 0.717) is 11.9 Å². The minimum atomic E-state index is 0.0881. The fourth-order valence-corrected chi connectivity index (χ4v) is 2.60. The third-order valence-corrected chi connectivity index (χ3v) is 3.56. The van der Waals surface area contributed by atoms with Gasteiger partial charge >= 0.3 is 0 Å². The molecule has 1 unspecified atom stereocenters. The Bertz CT molecular complexity index is 682. The molecule has 20 heavy (non-hydrogen) atoms. The van der Waals surface area contributed by atoms with Gasteiger partial charge in [0, 0.05) is 12.4 Å². The summed E-state index contributed by atoms with van der Waals surface area (Å²) in [7, 11) is 0. The molecule has 0 aromatic carbocycles. The Labute approximate surface area is 124 Å². The molecule has 6 nitrogen and oxygen atoms in total. The van der Waals surface area contributed by atoms with Gasteiger partial charge in [0.05, 0.1) is 6.04 Å². The Balaban J connectivity index is 1.87. The lowest BCUT2D eigenvalue weighted by Gasteiger charge is -2.12. The largest absolute Gasteiger partial charge is 0.347 e. The predicted octanol–water partition coefficient (Wildman–Crippen LogP) is 2.95. The summed E-state index contributed by atoms with van der Waals surface area (Å²) < 4.78 is 1.54. The highest BCUT2D eigenvalue weighted by Crippen LogP contribution is 2.20. The first-order valence-electron chi connectivity index (χ1n) is 5.92. The molecule has 0 fully saturated rings. The first kappa shape index (κ1) is 13.0. The average Bonchev–Trinajstić information content (AvgIpc) is 3.12. The number of hydrogen-bond acceptors (Lipinski definition) is 6. The molecule has 0 aliphatic heterocycles. The molecule has 0 saturated carbocycles. The van der Waals surface area contributed by atoms with Gasteiger partial charge in [-0.2, -0.15) is 31.4 Å². The van der Waals surface area contributed by atoms with E-state index >= 15 is 0 Å². The van der Waals surface area contributed by atoms with Crippen LogP contribution in [0.3, 0.4) is 0 Å². The highest BCUT2D eigenvalue weighted by atomic mass is 35.5. The fraction of sp³-hybridized carbons (Fsp3) is 0.167. The molecule has 0 saturated heterocycles. The van der Waals surface area contributed by atoms with Crippen LogP contribution in [0.1, 0.15) is 18.5 Å². The average molecular weight is 307 g/mol. The zero-order valence-corrected chi connectivity index (χ0v) is 12.1. The molecule has 102 valence electrons. The lowest BCUT2D eigenvalue weighted by molar-refractivity contribution is 0.784. The van der Waals surface area contributed by atoms with Gasteiger partial charge in [-0.15, -0.1) is 0 Å². The number of hydrogen-bond donors (Lipinski definition) is 1. The van der Waals surface area contributed by atoms with Crippen LogP contribution in [0.5, 0.6) is 0 Å². The highest BCUT2D eigenvalue weighted by Gasteiger charge is 2.11. The van der Waals surface area contributed by atoms with Crippen molar-refractivity contribution in [3.63, 3.8) is 0 Å². The van der Waals surface area contributed by atoms with Crippen LogP contribution in [0.15, 0.2) is 35.3 Å². The van der Waals surface area contributed by atoms with E-state index in [4.69, 9.17) is 11.6 Å². The van der Waals surface area contributed by atoms with E-state index in [2.05, 4.69) is 36.8 Å². The number of nitrogens with zero attached hydrogens (tertiary/aromatic N) is 5. The monoisotopic (exact) mass is 306 g/mol. The Kier molecular flexibility index (Phi) is 3.62. The van der Waals surface area contributed by atoms with E-state index in [9.17, 15) is 0 Å². The summed E-state index contributed by atoms with van der Waals surface area (Å²) >= 11 is 7.58. The van der Waals surface area contributed by atoms with Crippen molar-refractivity contribution in [2.75, 3.05) is 5.32 Å². The quantitative estimate of drug-likeness (QED) is 0.802. The number of thiophene rings is 1. The van der Waals surface area contributed by atoms with E-state index in [1.54, 1.807) is 29.8 Å². The van der Waals surface area contributed by atoms with Gasteiger partial charge in [-0.05, 0) is 47.0 Å². The molecule has 0 spiro atoms. The summed E-state index contributed by atoms with van der Waals surface area (Å²) in [4.78, 5) is 12.5. The molecule has 1 N–H and O–H groups in total. The molecular formula is C12H11ClN6S. The van der Waals surface area contributed by atoms with Crippen molar-refractivity contribution in [1.29, 1.82) is 0 Å². The Morgan fingerprint density at radius 3 is 2.95 bits per heavy atom. The van der Waals surface area contributed by atoms with E-state index in [1.165, 1.54) is 10.2 Å². The van der Waals surface area contributed by atoms with Gasteiger partial charge in [-0.25, -0.2) is 4.68 Å². The predicted molar refractivity (Wildman–Crippen MR) is 78.3 cm³/mol. The third kappa shape index (κ3) is 2.78.